The fourth-order valence-electron chi connectivity index (χ4n) is 2.11. The van der Waals surface area contributed by atoms with Crippen LogP contribution in [-0.2, 0) is 0 Å². The molecule has 7 nitrogen and oxygen atoms in total. The molecule has 0 bridgehead atoms. The van der Waals surface area contributed by atoms with E-state index >= 15 is 0 Å². The van der Waals surface area contributed by atoms with E-state index in [1.54, 1.807) is 42.7 Å². The largest absolute Gasteiger partial charge is 0.367 e. The van der Waals surface area contributed by atoms with Crippen LogP contribution >= 0.6 is 0 Å². The third-order valence-corrected chi connectivity index (χ3v) is 3.02. The number of nitrogens with zero attached hydrogens (tertiary/aromatic N) is 3. The lowest BCUT2D eigenvalue weighted by molar-refractivity contribution is -0.384. The average Bonchev–Trinajstić information content (AvgIpc) is 2.89. The van der Waals surface area contributed by atoms with Gasteiger partial charge in [0.25, 0.3) is 5.69 Å². The number of hydrogen-bond acceptors (Lipinski definition) is 6. The average molecular weight is 282 g/mol. The molecule has 2 N–H and O–H groups in total. The molecule has 21 heavy (non-hydrogen) atoms. The highest BCUT2D eigenvalue weighted by molar-refractivity contribution is 5.89. The molecule has 0 aliphatic rings. The molecule has 0 aliphatic heterocycles. The number of nitrogen functional groups attached to an aromatic ring is 1. The van der Waals surface area contributed by atoms with Crippen molar-refractivity contribution >= 4 is 11.6 Å². The molecule has 104 valence electrons. The second-order valence-corrected chi connectivity index (χ2v) is 4.29. The Morgan fingerprint density at radius 1 is 1.19 bits per heavy atom. The van der Waals surface area contributed by atoms with Gasteiger partial charge < -0.3 is 10.3 Å². The van der Waals surface area contributed by atoms with Crippen molar-refractivity contribution in [3.05, 3.63) is 58.9 Å². The van der Waals surface area contributed by atoms with Gasteiger partial charge >= 0.3 is 0 Å². The minimum Gasteiger partial charge on any atom is -0.367 e. The summed E-state index contributed by atoms with van der Waals surface area (Å²) in [7, 11) is 0. The fourth-order valence-corrected chi connectivity index (χ4v) is 2.11. The topological polar surface area (TPSA) is 108 Å². The molecule has 0 saturated heterocycles. The molecule has 2 heterocycles. The highest BCUT2D eigenvalue weighted by Gasteiger charge is 2.23. The number of rotatable bonds is 3. The van der Waals surface area contributed by atoms with E-state index in [0.29, 0.717) is 22.4 Å². The molecule has 2 aromatic heterocycles. The summed E-state index contributed by atoms with van der Waals surface area (Å²) in [5.74, 6) is 0.0937. The number of aromatic nitrogens is 2. The van der Waals surface area contributed by atoms with Crippen molar-refractivity contribution in [1.29, 1.82) is 0 Å². The molecule has 0 aliphatic carbocycles. The number of para-hydroxylation sites is 1. The van der Waals surface area contributed by atoms with Crippen LogP contribution in [-0.4, -0.2) is 15.1 Å². The summed E-state index contributed by atoms with van der Waals surface area (Å²) in [5, 5.41) is 15.0. The van der Waals surface area contributed by atoms with E-state index in [1.807, 2.05) is 0 Å². The summed E-state index contributed by atoms with van der Waals surface area (Å²) in [5.41, 5.74) is 7.61. The van der Waals surface area contributed by atoms with Crippen LogP contribution in [0, 0.1) is 10.1 Å². The van der Waals surface area contributed by atoms with Crippen LogP contribution in [0.5, 0.6) is 0 Å². The van der Waals surface area contributed by atoms with E-state index in [4.69, 9.17) is 10.3 Å². The molecule has 3 aromatic rings. The summed E-state index contributed by atoms with van der Waals surface area (Å²) < 4.78 is 5.02. The Bertz CT molecular complexity index is 799. The summed E-state index contributed by atoms with van der Waals surface area (Å²) >= 11 is 0. The second-order valence-electron chi connectivity index (χ2n) is 4.29. The monoisotopic (exact) mass is 282 g/mol. The van der Waals surface area contributed by atoms with Gasteiger partial charge in [0.05, 0.1) is 16.1 Å². The van der Waals surface area contributed by atoms with Crippen LogP contribution in [0.1, 0.15) is 0 Å². The molecule has 0 unspecified atom stereocenters. The maximum Gasteiger partial charge on any atom is 0.278 e. The van der Waals surface area contributed by atoms with E-state index in [1.165, 1.54) is 6.07 Å². The molecule has 0 fully saturated rings. The maximum atomic E-state index is 11.2. The Hall–Kier alpha value is -3.22. The zero-order valence-corrected chi connectivity index (χ0v) is 10.8. The first kappa shape index (κ1) is 12.8. The number of nitro benzene ring substituents is 1. The van der Waals surface area contributed by atoms with Crippen molar-refractivity contribution in [1.82, 2.24) is 10.1 Å². The van der Waals surface area contributed by atoms with Gasteiger partial charge in [-0.15, -0.1) is 0 Å². The predicted octanol–water partition coefficient (Wildman–Crippen LogP) is 2.89. The summed E-state index contributed by atoms with van der Waals surface area (Å²) in [6, 6.07) is 9.83. The Kier molecular flexibility index (Phi) is 3.07. The molecule has 3 rings (SSSR count). The summed E-state index contributed by atoms with van der Waals surface area (Å²) in [4.78, 5) is 14.7. The standard InChI is InChI=1S/C14H10N4O3/c15-14-12(9-4-3-7-16-8-9)13(17-21-14)10-5-1-2-6-11(10)18(19)20/h1-8H,15H2. The number of benzene rings is 1. The van der Waals surface area contributed by atoms with E-state index in [9.17, 15) is 10.1 Å². The van der Waals surface area contributed by atoms with Gasteiger partial charge in [-0.3, -0.25) is 15.1 Å². The first-order chi connectivity index (χ1) is 10.2. The van der Waals surface area contributed by atoms with Crippen molar-refractivity contribution in [3.8, 4) is 22.4 Å². The van der Waals surface area contributed by atoms with Crippen LogP contribution in [0.2, 0.25) is 0 Å². The quantitative estimate of drug-likeness (QED) is 0.584. The third kappa shape index (κ3) is 2.20. The lowest BCUT2D eigenvalue weighted by Crippen LogP contribution is -1.93. The predicted molar refractivity (Wildman–Crippen MR) is 76.2 cm³/mol. The first-order valence-corrected chi connectivity index (χ1v) is 6.08. The minimum absolute atomic E-state index is 0.0593. The van der Waals surface area contributed by atoms with Crippen LogP contribution in [0.3, 0.4) is 0 Å². The van der Waals surface area contributed by atoms with E-state index in [0.717, 1.165) is 0 Å². The fraction of sp³-hybridized carbons (Fsp3) is 0. The Morgan fingerprint density at radius 2 is 2.00 bits per heavy atom. The van der Waals surface area contributed by atoms with Crippen molar-refractivity contribution in [2.45, 2.75) is 0 Å². The van der Waals surface area contributed by atoms with Gasteiger partial charge in [-0.2, -0.15) is 0 Å². The summed E-state index contributed by atoms with van der Waals surface area (Å²) in [6.45, 7) is 0. The summed E-state index contributed by atoms with van der Waals surface area (Å²) in [6.07, 6.45) is 3.22. The molecule has 0 atom stereocenters. The number of nitrogens with two attached hydrogens (primary N) is 1. The first-order valence-electron chi connectivity index (χ1n) is 6.08. The van der Waals surface area contributed by atoms with Crippen LogP contribution in [0.25, 0.3) is 22.4 Å². The lowest BCUT2D eigenvalue weighted by atomic mass is 10.0. The Balaban J connectivity index is 2.25. The lowest BCUT2D eigenvalue weighted by Gasteiger charge is -2.03. The normalized spacial score (nSPS) is 10.5. The molecular weight excluding hydrogens is 272 g/mol. The molecule has 7 heteroatoms. The molecule has 0 amide bonds. The van der Waals surface area contributed by atoms with Gasteiger partial charge in [0.1, 0.15) is 5.69 Å². The number of nitro groups is 1. The number of pyridine rings is 1. The smallest absolute Gasteiger partial charge is 0.278 e. The van der Waals surface area contributed by atoms with Gasteiger partial charge in [-0.1, -0.05) is 23.4 Å². The van der Waals surface area contributed by atoms with Gasteiger partial charge in [0, 0.05) is 24.0 Å². The maximum absolute atomic E-state index is 11.2. The van der Waals surface area contributed by atoms with Crippen LogP contribution < -0.4 is 5.73 Å². The van der Waals surface area contributed by atoms with Gasteiger partial charge in [-0.05, 0) is 12.1 Å². The highest BCUT2D eigenvalue weighted by Crippen LogP contribution is 2.39. The molecule has 0 saturated carbocycles. The van der Waals surface area contributed by atoms with Crippen molar-refractivity contribution < 1.29 is 9.45 Å². The van der Waals surface area contributed by atoms with Crippen molar-refractivity contribution in [3.63, 3.8) is 0 Å². The highest BCUT2D eigenvalue weighted by atomic mass is 16.6. The zero-order valence-electron chi connectivity index (χ0n) is 10.8. The van der Waals surface area contributed by atoms with E-state index < -0.39 is 4.92 Å². The Labute approximate surface area is 119 Å². The third-order valence-electron chi connectivity index (χ3n) is 3.02. The van der Waals surface area contributed by atoms with E-state index in [2.05, 4.69) is 10.1 Å². The zero-order chi connectivity index (χ0) is 14.8. The number of hydrogen-bond donors (Lipinski definition) is 1. The minimum atomic E-state index is -0.465. The second kappa shape index (κ2) is 5.04. The molecular formula is C14H10N4O3. The molecule has 0 spiro atoms. The van der Waals surface area contributed by atoms with E-state index in [-0.39, 0.29) is 11.6 Å². The molecule has 1 aromatic carbocycles. The van der Waals surface area contributed by atoms with Crippen molar-refractivity contribution in [2.24, 2.45) is 0 Å². The van der Waals surface area contributed by atoms with Crippen LogP contribution in [0.15, 0.2) is 53.3 Å². The SMILES string of the molecule is Nc1onc(-c2ccccc2[N+](=O)[O-])c1-c1cccnc1. The van der Waals surface area contributed by atoms with Crippen molar-refractivity contribution in [2.75, 3.05) is 5.73 Å². The Morgan fingerprint density at radius 3 is 2.71 bits per heavy atom. The number of anilines is 1. The van der Waals surface area contributed by atoms with Gasteiger partial charge in [0.15, 0.2) is 0 Å². The van der Waals surface area contributed by atoms with Gasteiger partial charge in [0.2, 0.25) is 5.88 Å². The van der Waals surface area contributed by atoms with Gasteiger partial charge in [-0.25, -0.2) is 0 Å². The van der Waals surface area contributed by atoms with Crippen LogP contribution in [0.4, 0.5) is 11.6 Å². The molecule has 0 radical (unpaired) electrons.